The third-order valence-corrected chi connectivity index (χ3v) is 8.25. The van der Waals surface area contributed by atoms with Crippen LogP contribution in [0.2, 0.25) is 0 Å². The summed E-state index contributed by atoms with van der Waals surface area (Å²) >= 11 is 0. The summed E-state index contributed by atoms with van der Waals surface area (Å²) in [6, 6.07) is 4.85. The van der Waals surface area contributed by atoms with Gasteiger partial charge in [-0.1, -0.05) is 50.3 Å². The maximum Gasteiger partial charge on any atom is 0.282 e. The number of ether oxygens (including phenoxy) is 1. The highest BCUT2D eigenvalue weighted by Gasteiger charge is 2.61. The quantitative estimate of drug-likeness (QED) is 0.390. The zero-order valence-electron chi connectivity index (χ0n) is 21.9. The van der Waals surface area contributed by atoms with E-state index in [9.17, 15) is 23.5 Å². The van der Waals surface area contributed by atoms with Crippen LogP contribution in [0.25, 0.3) is 0 Å². The maximum absolute atomic E-state index is 14.7. The van der Waals surface area contributed by atoms with Gasteiger partial charge in [0.2, 0.25) is 5.91 Å². The summed E-state index contributed by atoms with van der Waals surface area (Å²) in [6.07, 6.45) is 6.11. The Bertz CT molecular complexity index is 1110. The van der Waals surface area contributed by atoms with E-state index >= 15 is 0 Å². The molecule has 0 aromatic heterocycles. The summed E-state index contributed by atoms with van der Waals surface area (Å²) in [5, 5.41) is 24.9. The predicted octanol–water partition coefficient (Wildman–Crippen LogP) is 3.55. The molecule has 4 rings (SSSR count). The van der Waals surface area contributed by atoms with Crippen molar-refractivity contribution in [1.82, 2.24) is 15.5 Å². The van der Waals surface area contributed by atoms with Gasteiger partial charge in [-0.3, -0.25) is 19.9 Å². The number of aliphatic hydroxyl groups excluding tert-OH is 1. The van der Waals surface area contributed by atoms with E-state index in [4.69, 9.17) is 10.1 Å². The zero-order chi connectivity index (χ0) is 27.7. The second-order valence-electron chi connectivity index (χ2n) is 10.3. The van der Waals surface area contributed by atoms with Crippen molar-refractivity contribution in [3.63, 3.8) is 0 Å². The SMILES string of the molecule is CCC1(CC)CC(=O)N([C@H](CCOC)c2cccc(C(=O)N[C@@H]3C4C=CC=CC4C(F)(F)C3O)c2)C(=N)N1. The first kappa shape index (κ1) is 27.9. The van der Waals surface area contributed by atoms with Crippen LogP contribution in [0.4, 0.5) is 8.78 Å². The third-order valence-electron chi connectivity index (χ3n) is 8.25. The average molecular weight is 531 g/mol. The van der Waals surface area contributed by atoms with Gasteiger partial charge in [-0.05, 0) is 37.0 Å². The summed E-state index contributed by atoms with van der Waals surface area (Å²) in [7, 11) is 1.55. The normalized spacial score (nSPS) is 28.1. The van der Waals surface area contributed by atoms with Gasteiger partial charge in [0, 0.05) is 30.7 Å². The minimum Gasteiger partial charge on any atom is -0.385 e. The zero-order valence-corrected chi connectivity index (χ0v) is 21.9. The summed E-state index contributed by atoms with van der Waals surface area (Å²) < 4.78 is 34.6. The van der Waals surface area contributed by atoms with Crippen LogP contribution in [0, 0.1) is 17.2 Å². The highest BCUT2D eigenvalue weighted by Crippen LogP contribution is 2.47. The van der Waals surface area contributed by atoms with E-state index in [1.807, 2.05) is 13.8 Å². The molecule has 8 nitrogen and oxygen atoms in total. The number of nitrogens with zero attached hydrogens (tertiary/aromatic N) is 1. The molecule has 3 aliphatic rings. The number of aliphatic hydroxyl groups is 1. The lowest BCUT2D eigenvalue weighted by Gasteiger charge is -2.45. The van der Waals surface area contributed by atoms with Crippen LogP contribution >= 0.6 is 0 Å². The number of benzene rings is 1. The molecule has 2 amide bonds. The monoisotopic (exact) mass is 530 g/mol. The molecule has 2 fully saturated rings. The molecule has 10 heteroatoms. The highest BCUT2D eigenvalue weighted by molar-refractivity contribution is 6.00. The number of guanidine groups is 1. The lowest BCUT2D eigenvalue weighted by atomic mass is 9.86. The van der Waals surface area contributed by atoms with Gasteiger partial charge in [0.05, 0.1) is 24.4 Å². The molecule has 4 N–H and O–H groups in total. The molecule has 1 aromatic rings. The van der Waals surface area contributed by atoms with Crippen molar-refractivity contribution < 1.29 is 28.2 Å². The van der Waals surface area contributed by atoms with Gasteiger partial charge in [0.25, 0.3) is 11.8 Å². The van der Waals surface area contributed by atoms with Gasteiger partial charge in [-0.25, -0.2) is 8.78 Å². The molecule has 0 bridgehead atoms. The number of hydrogen-bond acceptors (Lipinski definition) is 5. The van der Waals surface area contributed by atoms with Crippen molar-refractivity contribution >= 4 is 17.8 Å². The Balaban J connectivity index is 1.58. The number of nitrogens with one attached hydrogen (secondary N) is 3. The molecule has 0 spiro atoms. The number of alkyl halides is 2. The highest BCUT2D eigenvalue weighted by atomic mass is 19.3. The molecule has 1 saturated carbocycles. The van der Waals surface area contributed by atoms with Gasteiger partial charge >= 0.3 is 0 Å². The van der Waals surface area contributed by atoms with Gasteiger partial charge < -0.3 is 20.5 Å². The van der Waals surface area contributed by atoms with Crippen molar-refractivity contribution in [2.45, 2.75) is 69.2 Å². The third kappa shape index (κ3) is 4.99. The minimum absolute atomic E-state index is 0.000370. The number of amides is 2. The van der Waals surface area contributed by atoms with Crippen LogP contribution < -0.4 is 10.6 Å². The van der Waals surface area contributed by atoms with Gasteiger partial charge in [0.15, 0.2) is 5.96 Å². The van der Waals surface area contributed by atoms with Gasteiger partial charge in [0.1, 0.15) is 6.10 Å². The number of carbonyl (C=O) groups is 2. The Labute approximate surface area is 221 Å². The second-order valence-corrected chi connectivity index (χ2v) is 10.3. The molecule has 1 saturated heterocycles. The molecule has 1 aliphatic heterocycles. The smallest absolute Gasteiger partial charge is 0.282 e. The minimum atomic E-state index is -3.37. The largest absolute Gasteiger partial charge is 0.385 e. The van der Waals surface area contributed by atoms with Crippen LogP contribution in [-0.2, 0) is 9.53 Å². The van der Waals surface area contributed by atoms with E-state index in [-0.39, 0.29) is 23.9 Å². The Morgan fingerprint density at radius 1 is 1.29 bits per heavy atom. The Kier molecular flexibility index (Phi) is 8.04. The topological polar surface area (TPSA) is 115 Å². The van der Waals surface area contributed by atoms with E-state index in [1.165, 1.54) is 17.1 Å². The molecular weight excluding hydrogens is 494 g/mol. The predicted molar refractivity (Wildman–Crippen MR) is 139 cm³/mol. The number of fused-ring (bicyclic) bond motifs is 1. The summed E-state index contributed by atoms with van der Waals surface area (Å²) in [5.74, 6) is -6.09. The molecule has 1 heterocycles. The number of carbonyl (C=O) groups excluding carboxylic acids is 2. The van der Waals surface area contributed by atoms with Gasteiger partial charge in [-0.2, -0.15) is 0 Å². The first-order valence-corrected chi connectivity index (χ1v) is 13.1. The number of rotatable bonds is 9. The molecule has 0 radical (unpaired) electrons. The molecule has 206 valence electrons. The molecule has 5 atom stereocenters. The second kappa shape index (κ2) is 10.9. The lowest BCUT2D eigenvalue weighted by molar-refractivity contribution is -0.133. The first-order valence-electron chi connectivity index (χ1n) is 13.1. The fourth-order valence-electron chi connectivity index (χ4n) is 5.83. The fourth-order valence-corrected chi connectivity index (χ4v) is 5.83. The van der Waals surface area contributed by atoms with E-state index in [2.05, 4.69) is 10.6 Å². The molecule has 38 heavy (non-hydrogen) atoms. The summed E-state index contributed by atoms with van der Waals surface area (Å²) in [4.78, 5) is 27.9. The van der Waals surface area contributed by atoms with Crippen molar-refractivity contribution in [1.29, 1.82) is 5.41 Å². The van der Waals surface area contributed by atoms with E-state index in [0.29, 0.717) is 31.4 Å². The van der Waals surface area contributed by atoms with E-state index < -0.39 is 47.4 Å². The average Bonchev–Trinajstić information content (AvgIpc) is 3.10. The number of hydrogen-bond donors (Lipinski definition) is 4. The Morgan fingerprint density at radius 3 is 2.66 bits per heavy atom. The lowest BCUT2D eigenvalue weighted by Crippen LogP contribution is -2.62. The maximum atomic E-state index is 14.7. The number of allylic oxidation sites excluding steroid dienone is 3. The van der Waals surface area contributed by atoms with Crippen LogP contribution in [-0.4, -0.2) is 65.1 Å². The molecule has 1 aromatic carbocycles. The number of methoxy groups -OCH3 is 1. The molecular formula is C28H36F2N4O4. The van der Waals surface area contributed by atoms with Crippen LogP contribution in [0.3, 0.4) is 0 Å². The standard InChI is InChI=1S/C28H36F2N4O4/c1-4-27(5-2)16-22(35)34(26(31)33-27)21(13-14-38-3)17-9-8-10-18(15-17)25(37)32-23-19-11-6-7-12-20(19)28(29,30)24(23)36/h6-12,15,19-21,23-24,36H,4-5,13-14,16H2,1-3H3,(H2,31,33)(H,32,37)/t19?,20?,21-,23-,24?/m1/s1. The van der Waals surface area contributed by atoms with Gasteiger partial charge in [-0.15, -0.1) is 0 Å². The Hall–Kier alpha value is -3.11. The Morgan fingerprint density at radius 2 is 2.00 bits per heavy atom. The molecule has 3 unspecified atom stereocenters. The first-order chi connectivity index (χ1) is 18.1. The van der Waals surface area contributed by atoms with Crippen molar-refractivity contribution in [2.24, 2.45) is 11.8 Å². The summed E-state index contributed by atoms with van der Waals surface area (Å²) in [5.41, 5.74) is 0.355. The van der Waals surface area contributed by atoms with Crippen LogP contribution in [0.5, 0.6) is 0 Å². The molecule has 2 aliphatic carbocycles. The fraction of sp³-hybridized carbons (Fsp3) is 0.536. The summed E-state index contributed by atoms with van der Waals surface area (Å²) in [6.45, 7) is 4.28. The number of halogens is 2. The van der Waals surface area contributed by atoms with Crippen molar-refractivity contribution in [3.05, 3.63) is 59.7 Å². The van der Waals surface area contributed by atoms with Crippen LogP contribution in [0.1, 0.15) is 61.5 Å². The van der Waals surface area contributed by atoms with Crippen LogP contribution in [0.15, 0.2) is 48.6 Å². The van der Waals surface area contributed by atoms with Crippen molar-refractivity contribution in [2.75, 3.05) is 13.7 Å². The van der Waals surface area contributed by atoms with Crippen molar-refractivity contribution in [3.8, 4) is 0 Å². The van der Waals surface area contributed by atoms with E-state index in [0.717, 1.165) is 0 Å². The van der Waals surface area contributed by atoms with E-state index in [1.54, 1.807) is 43.5 Å².